The number of ether oxygens (including phenoxy) is 2. The highest BCUT2D eigenvalue weighted by Gasteiger charge is 2.37. The average Bonchev–Trinajstić information content (AvgIpc) is 3.34. The number of hydrogen-bond donors (Lipinski definition) is 1. The molecule has 5 heteroatoms. The fourth-order valence-electron chi connectivity index (χ4n) is 4.89. The largest absolute Gasteiger partial charge is 0.493 e. The molecule has 1 N–H and O–H groups in total. The number of methoxy groups -OCH3 is 1. The molecule has 4 nitrogen and oxygen atoms in total. The fourth-order valence-corrected chi connectivity index (χ4v) is 5.67. The Kier molecular flexibility index (Phi) is 6.40. The number of halogens is 1. The second-order valence-corrected chi connectivity index (χ2v) is 9.54. The Balaban J connectivity index is 1.36. The molecular weight excluding hydrogens is 523 g/mol. The smallest absolute Gasteiger partial charge is 0.174 e. The van der Waals surface area contributed by atoms with Gasteiger partial charge in [-0.3, -0.25) is 4.99 Å². The standard InChI is InChI=1S/C28H27IN2O2/c1-3-33-28-24(29)15-18(16-26(28)32-2)17-30-20-13-11-19(12-14-20)27-23-9-6-8-21(23)22-7-4-5-10-25(22)31-27/h4-8,10-17,21,23,27,31H,3,9H2,1-2H3/t21-,23+,27+/m1/s1. The Hall–Kier alpha value is -2.80. The maximum absolute atomic E-state index is 5.71. The van der Waals surface area contributed by atoms with Gasteiger partial charge in [0.2, 0.25) is 0 Å². The van der Waals surface area contributed by atoms with Crippen LogP contribution in [0.2, 0.25) is 0 Å². The summed E-state index contributed by atoms with van der Waals surface area (Å²) in [6, 6.07) is 21.6. The summed E-state index contributed by atoms with van der Waals surface area (Å²) in [5.74, 6) is 2.54. The van der Waals surface area contributed by atoms with Crippen molar-refractivity contribution in [1.82, 2.24) is 0 Å². The molecule has 1 heterocycles. The van der Waals surface area contributed by atoms with Crippen LogP contribution in [0.4, 0.5) is 11.4 Å². The summed E-state index contributed by atoms with van der Waals surface area (Å²) in [6.45, 7) is 2.57. The summed E-state index contributed by atoms with van der Waals surface area (Å²) < 4.78 is 12.2. The Labute approximate surface area is 208 Å². The zero-order chi connectivity index (χ0) is 22.8. The Morgan fingerprint density at radius 1 is 1.12 bits per heavy atom. The summed E-state index contributed by atoms with van der Waals surface area (Å²) in [7, 11) is 1.66. The van der Waals surface area contributed by atoms with E-state index in [-0.39, 0.29) is 0 Å². The molecule has 0 aromatic heterocycles. The van der Waals surface area contributed by atoms with Crippen LogP contribution in [0.1, 0.15) is 42.0 Å². The van der Waals surface area contributed by atoms with Crippen molar-refractivity contribution in [2.45, 2.75) is 25.3 Å². The Morgan fingerprint density at radius 2 is 1.94 bits per heavy atom. The van der Waals surface area contributed by atoms with Crippen LogP contribution in [0.5, 0.6) is 11.5 Å². The van der Waals surface area contributed by atoms with Crippen molar-refractivity contribution in [3.05, 3.63) is 93.1 Å². The van der Waals surface area contributed by atoms with Crippen molar-refractivity contribution in [1.29, 1.82) is 0 Å². The van der Waals surface area contributed by atoms with E-state index in [0.29, 0.717) is 24.5 Å². The molecule has 0 spiro atoms. The molecule has 1 aliphatic heterocycles. The van der Waals surface area contributed by atoms with Gasteiger partial charge in [0, 0.05) is 17.8 Å². The summed E-state index contributed by atoms with van der Waals surface area (Å²) in [5.41, 5.74) is 5.87. The van der Waals surface area contributed by atoms with Gasteiger partial charge in [-0.1, -0.05) is 42.5 Å². The maximum Gasteiger partial charge on any atom is 0.174 e. The van der Waals surface area contributed by atoms with Gasteiger partial charge in [0.25, 0.3) is 0 Å². The SMILES string of the molecule is CCOc1c(I)cc(C=Nc2ccc([C@@H]3Nc4ccccc4[C@H]4C=CC[C@@H]43)cc2)cc1OC. The van der Waals surface area contributed by atoms with E-state index in [1.165, 1.54) is 16.8 Å². The van der Waals surface area contributed by atoms with E-state index in [9.17, 15) is 0 Å². The molecule has 0 saturated carbocycles. The summed E-state index contributed by atoms with van der Waals surface area (Å²) in [5, 5.41) is 3.79. The van der Waals surface area contributed by atoms with E-state index < -0.39 is 0 Å². The first-order valence-corrected chi connectivity index (χ1v) is 12.4. The molecule has 168 valence electrons. The lowest BCUT2D eigenvalue weighted by Crippen LogP contribution is -2.28. The quantitative estimate of drug-likeness (QED) is 0.199. The van der Waals surface area contributed by atoms with Gasteiger partial charge in [0.15, 0.2) is 11.5 Å². The van der Waals surface area contributed by atoms with E-state index in [2.05, 4.69) is 94.7 Å². The number of fused-ring (bicyclic) bond motifs is 3. The van der Waals surface area contributed by atoms with Gasteiger partial charge in [-0.15, -0.1) is 0 Å². The van der Waals surface area contributed by atoms with Crippen molar-refractivity contribution < 1.29 is 9.47 Å². The topological polar surface area (TPSA) is 42.8 Å². The number of para-hydroxylation sites is 1. The Bertz CT molecular complexity index is 1200. The minimum Gasteiger partial charge on any atom is -0.493 e. The van der Waals surface area contributed by atoms with Crippen molar-refractivity contribution in [3.8, 4) is 11.5 Å². The molecule has 33 heavy (non-hydrogen) atoms. The predicted octanol–water partition coefficient (Wildman–Crippen LogP) is 7.28. The molecule has 0 bridgehead atoms. The van der Waals surface area contributed by atoms with Crippen LogP contribution in [0, 0.1) is 9.49 Å². The molecule has 0 fully saturated rings. The van der Waals surface area contributed by atoms with Gasteiger partial charge in [0.05, 0.1) is 29.0 Å². The highest BCUT2D eigenvalue weighted by molar-refractivity contribution is 14.1. The zero-order valence-electron chi connectivity index (χ0n) is 18.8. The molecule has 0 unspecified atom stereocenters. The maximum atomic E-state index is 5.71. The predicted molar refractivity (Wildman–Crippen MR) is 143 cm³/mol. The van der Waals surface area contributed by atoms with Gasteiger partial charge in [0.1, 0.15) is 0 Å². The van der Waals surface area contributed by atoms with E-state index in [4.69, 9.17) is 14.5 Å². The summed E-state index contributed by atoms with van der Waals surface area (Å²) in [4.78, 5) is 4.70. The third-order valence-electron chi connectivity index (χ3n) is 6.43. The van der Waals surface area contributed by atoms with Crippen molar-refractivity contribution in [2.75, 3.05) is 19.0 Å². The lowest BCUT2D eigenvalue weighted by atomic mass is 9.77. The van der Waals surface area contributed by atoms with Gasteiger partial charge in [-0.2, -0.15) is 0 Å². The highest BCUT2D eigenvalue weighted by atomic mass is 127. The van der Waals surface area contributed by atoms with E-state index in [0.717, 1.165) is 32.7 Å². The Morgan fingerprint density at radius 3 is 2.73 bits per heavy atom. The fraction of sp³-hybridized carbons (Fsp3) is 0.250. The van der Waals surface area contributed by atoms with Gasteiger partial charge < -0.3 is 14.8 Å². The minimum atomic E-state index is 0.301. The number of hydrogen-bond acceptors (Lipinski definition) is 4. The molecule has 0 radical (unpaired) electrons. The number of benzene rings is 3. The molecule has 0 amide bonds. The van der Waals surface area contributed by atoms with Crippen molar-refractivity contribution in [2.24, 2.45) is 10.9 Å². The number of allylic oxidation sites excluding steroid dienone is 2. The molecule has 2 aliphatic rings. The zero-order valence-corrected chi connectivity index (χ0v) is 21.0. The second kappa shape index (κ2) is 9.59. The van der Waals surface area contributed by atoms with Crippen LogP contribution in [0.25, 0.3) is 0 Å². The third kappa shape index (κ3) is 4.38. The number of rotatable bonds is 6. The number of anilines is 1. The average molecular weight is 550 g/mol. The minimum absolute atomic E-state index is 0.301. The monoisotopic (exact) mass is 550 g/mol. The molecule has 1 aliphatic carbocycles. The van der Waals surface area contributed by atoms with E-state index >= 15 is 0 Å². The van der Waals surface area contributed by atoms with Crippen LogP contribution in [0.15, 0.2) is 77.8 Å². The van der Waals surface area contributed by atoms with Crippen molar-refractivity contribution >= 4 is 40.2 Å². The first kappa shape index (κ1) is 22.0. The molecule has 0 saturated heterocycles. The second-order valence-electron chi connectivity index (χ2n) is 8.38. The molecule has 3 aromatic rings. The van der Waals surface area contributed by atoms with Gasteiger partial charge in [-0.25, -0.2) is 0 Å². The molecule has 5 rings (SSSR count). The normalized spacial score (nSPS) is 20.9. The first-order valence-electron chi connectivity index (χ1n) is 11.3. The number of nitrogens with one attached hydrogen (secondary N) is 1. The molecule has 3 aromatic carbocycles. The summed E-state index contributed by atoms with van der Waals surface area (Å²) in [6.07, 6.45) is 7.69. The number of nitrogens with zero attached hydrogens (tertiary/aromatic N) is 1. The number of aliphatic imine (C=N–C) groups is 1. The first-order chi connectivity index (χ1) is 16.2. The van der Waals surface area contributed by atoms with Crippen LogP contribution < -0.4 is 14.8 Å². The molecule has 3 atom stereocenters. The summed E-state index contributed by atoms with van der Waals surface area (Å²) >= 11 is 2.28. The lowest BCUT2D eigenvalue weighted by molar-refractivity contribution is 0.308. The lowest BCUT2D eigenvalue weighted by Gasteiger charge is -2.37. The van der Waals surface area contributed by atoms with Crippen LogP contribution >= 0.6 is 22.6 Å². The highest BCUT2D eigenvalue weighted by Crippen LogP contribution is 2.49. The van der Waals surface area contributed by atoms with Crippen LogP contribution in [0.3, 0.4) is 0 Å². The third-order valence-corrected chi connectivity index (χ3v) is 7.23. The van der Waals surface area contributed by atoms with Gasteiger partial charge in [-0.05, 0) is 88.9 Å². The van der Waals surface area contributed by atoms with Crippen molar-refractivity contribution in [3.63, 3.8) is 0 Å². The van der Waals surface area contributed by atoms with Crippen LogP contribution in [-0.2, 0) is 0 Å². The van der Waals surface area contributed by atoms with Crippen LogP contribution in [-0.4, -0.2) is 19.9 Å². The van der Waals surface area contributed by atoms with Gasteiger partial charge >= 0.3 is 0 Å². The van der Waals surface area contributed by atoms with E-state index in [1.54, 1.807) is 7.11 Å². The van der Waals surface area contributed by atoms with E-state index in [1.807, 2.05) is 19.2 Å². The molecular formula is C28H27IN2O2.